The van der Waals surface area contributed by atoms with Crippen LogP contribution in [-0.4, -0.2) is 0 Å². The predicted molar refractivity (Wildman–Crippen MR) is 85.0 cm³/mol. The zero-order valence-electron chi connectivity index (χ0n) is 13.8. The van der Waals surface area contributed by atoms with E-state index in [0.29, 0.717) is 0 Å². The van der Waals surface area contributed by atoms with Gasteiger partial charge in [0, 0.05) is 0 Å². The highest BCUT2D eigenvalue weighted by Gasteiger charge is 2.09. The van der Waals surface area contributed by atoms with Crippen molar-refractivity contribution in [3.8, 4) is 0 Å². The van der Waals surface area contributed by atoms with E-state index < -0.39 is 0 Å². The third-order valence-electron chi connectivity index (χ3n) is 4.75. The maximum atomic E-state index is 2.43. The monoisotopic (exact) mass is 254 g/mol. The summed E-state index contributed by atoms with van der Waals surface area (Å²) >= 11 is 0. The Morgan fingerprint density at radius 3 is 1.72 bits per heavy atom. The van der Waals surface area contributed by atoms with Crippen LogP contribution in [0.1, 0.15) is 98.8 Å². The molecule has 0 aliphatic carbocycles. The number of unbranched alkanes of at least 4 members (excludes halogenated alkanes) is 4. The Balaban J connectivity index is 3.26. The van der Waals surface area contributed by atoms with Crippen molar-refractivity contribution < 1.29 is 0 Å². The van der Waals surface area contributed by atoms with Gasteiger partial charge in [-0.15, -0.1) is 0 Å². The lowest BCUT2D eigenvalue weighted by Crippen LogP contribution is -2.06. The van der Waals surface area contributed by atoms with Crippen LogP contribution in [0.3, 0.4) is 0 Å². The zero-order chi connectivity index (χ0) is 13.8. The number of hydrogen-bond acceptors (Lipinski definition) is 0. The van der Waals surface area contributed by atoms with Crippen molar-refractivity contribution in [2.45, 2.75) is 98.8 Å². The molecule has 0 aliphatic rings. The first-order valence-corrected chi connectivity index (χ1v) is 8.61. The minimum Gasteiger partial charge on any atom is -0.0654 e. The molecule has 0 bridgehead atoms. The molecule has 0 saturated carbocycles. The van der Waals surface area contributed by atoms with Gasteiger partial charge in [-0.25, -0.2) is 0 Å². The molecule has 3 unspecified atom stereocenters. The first kappa shape index (κ1) is 18.0. The Morgan fingerprint density at radius 2 is 1.17 bits per heavy atom. The fraction of sp³-hybridized carbons (Fsp3) is 1.00. The maximum Gasteiger partial charge on any atom is -0.0417 e. The Bertz CT molecular complexity index is 161. The van der Waals surface area contributed by atoms with E-state index in [9.17, 15) is 0 Å². The van der Waals surface area contributed by atoms with E-state index >= 15 is 0 Å². The molecule has 3 atom stereocenters. The van der Waals surface area contributed by atoms with Crippen molar-refractivity contribution in [3.63, 3.8) is 0 Å². The molecule has 0 heterocycles. The third kappa shape index (κ3) is 9.97. The summed E-state index contributed by atoms with van der Waals surface area (Å²) in [5, 5.41) is 0. The SMILES string of the molecule is CCCC(C)CCCCCCCC(C)C(C)CC. The average Bonchev–Trinajstić information content (AvgIpc) is 2.36. The summed E-state index contributed by atoms with van der Waals surface area (Å²) < 4.78 is 0. The Hall–Kier alpha value is 0. The first-order chi connectivity index (χ1) is 8.61. The van der Waals surface area contributed by atoms with Crippen molar-refractivity contribution in [3.05, 3.63) is 0 Å². The molecular formula is C18H38. The van der Waals surface area contributed by atoms with Crippen LogP contribution < -0.4 is 0 Å². The smallest absolute Gasteiger partial charge is 0.0417 e. The van der Waals surface area contributed by atoms with Crippen LogP contribution in [-0.2, 0) is 0 Å². The highest BCUT2D eigenvalue weighted by atomic mass is 14.1. The lowest BCUT2D eigenvalue weighted by molar-refractivity contribution is 0.341. The standard InChI is InChI=1S/C18H38/c1-6-13-16(3)14-11-9-8-10-12-15-18(5)17(4)7-2/h16-18H,6-15H2,1-5H3. The van der Waals surface area contributed by atoms with Crippen LogP contribution in [0.2, 0.25) is 0 Å². The molecule has 0 N–H and O–H groups in total. The normalized spacial score (nSPS) is 16.5. The van der Waals surface area contributed by atoms with E-state index in [1.807, 2.05) is 0 Å². The zero-order valence-corrected chi connectivity index (χ0v) is 13.8. The Morgan fingerprint density at radius 1 is 0.611 bits per heavy atom. The summed E-state index contributed by atoms with van der Waals surface area (Å²) in [5.74, 6) is 2.81. The van der Waals surface area contributed by atoms with Crippen molar-refractivity contribution in [2.75, 3.05) is 0 Å². The molecule has 0 fully saturated rings. The second-order valence-electron chi connectivity index (χ2n) is 6.60. The van der Waals surface area contributed by atoms with Crippen LogP contribution in [0.4, 0.5) is 0 Å². The van der Waals surface area contributed by atoms with Crippen LogP contribution in [0.15, 0.2) is 0 Å². The van der Waals surface area contributed by atoms with E-state index in [4.69, 9.17) is 0 Å². The van der Waals surface area contributed by atoms with Gasteiger partial charge in [0.1, 0.15) is 0 Å². The maximum absolute atomic E-state index is 2.43. The molecule has 110 valence electrons. The molecule has 0 saturated heterocycles. The van der Waals surface area contributed by atoms with Gasteiger partial charge in [-0.3, -0.25) is 0 Å². The van der Waals surface area contributed by atoms with Crippen LogP contribution in [0.5, 0.6) is 0 Å². The quantitative estimate of drug-likeness (QED) is 0.335. The molecule has 0 aromatic carbocycles. The molecule has 18 heavy (non-hydrogen) atoms. The van der Waals surface area contributed by atoms with E-state index in [2.05, 4.69) is 34.6 Å². The molecule has 0 spiro atoms. The van der Waals surface area contributed by atoms with E-state index in [-0.39, 0.29) is 0 Å². The summed E-state index contributed by atoms with van der Waals surface area (Å²) in [7, 11) is 0. The van der Waals surface area contributed by atoms with Crippen LogP contribution in [0.25, 0.3) is 0 Å². The highest BCUT2D eigenvalue weighted by Crippen LogP contribution is 2.21. The third-order valence-corrected chi connectivity index (χ3v) is 4.75. The summed E-state index contributed by atoms with van der Waals surface area (Å²) in [5.41, 5.74) is 0. The van der Waals surface area contributed by atoms with Gasteiger partial charge in [-0.1, -0.05) is 98.8 Å². The Kier molecular flexibility index (Phi) is 12.1. The lowest BCUT2D eigenvalue weighted by Gasteiger charge is -2.17. The summed E-state index contributed by atoms with van der Waals surface area (Å²) in [6.07, 6.45) is 14.3. The minimum absolute atomic E-state index is 0.917. The van der Waals surface area contributed by atoms with Crippen molar-refractivity contribution in [2.24, 2.45) is 17.8 Å². The lowest BCUT2D eigenvalue weighted by atomic mass is 9.89. The molecule has 0 amide bonds. The van der Waals surface area contributed by atoms with Gasteiger partial charge < -0.3 is 0 Å². The van der Waals surface area contributed by atoms with Crippen LogP contribution >= 0.6 is 0 Å². The molecule has 0 heteroatoms. The van der Waals surface area contributed by atoms with Gasteiger partial charge >= 0.3 is 0 Å². The summed E-state index contributed by atoms with van der Waals surface area (Å²) in [6.45, 7) is 11.9. The molecule has 0 aliphatic heterocycles. The fourth-order valence-corrected chi connectivity index (χ4v) is 2.81. The van der Waals surface area contributed by atoms with Crippen LogP contribution in [0, 0.1) is 17.8 Å². The topological polar surface area (TPSA) is 0 Å². The van der Waals surface area contributed by atoms with Gasteiger partial charge in [0.15, 0.2) is 0 Å². The van der Waals surface area contributed by atoms with E-state index in [1.165, 1.54) is 64.2 Å². The van der Waals surface area contributed by atoms with Gasteiger partial charge in [-0.2, -0.15) is 0 Å². The second-order valence-corrected chi connectivity index (χ2v) is 6.60. The first-order valence-electron chi connectivity index (χ1n) is 8.61. The van der Waals surface area contributed by atoms with Gasteiger partial charge in [0.2, 0.25) is 0 Å². The highest BCUT2D eigenvalue weighted by molar-refractivity contribution is 4.60. The van der Waals surface area contributed by atoms with Gasteiger partial charge in [0.05, 0.1) is 0 Å². The van der Waals surface area contributed by atoms with Crippen molar-refractivity contribution in [1.82, 2.24) is 0 Å². The fourth-order valence-electron chi connectivity index (χ4n) is 2.81. The molecular weight excluding hydrogens is 216 g/mol. The largest absolute Gasteiger partial charge is 0.0654 e. The molecule has 0 aromatic heterocycles. The predicted octanol–water partition coefficient (Wildman–Crippen LogP) is 6.84. The Labute approximate surface area is 117 Å². The average molecular weight is 255 g/mol. The van der Waals surface area contributed by atoms with Gasteiger partial charge in [0.25, 0.3) is 0 Å². The second kappa shape index (κ2) is 12.1. The van der Waals surface area contributed by atoms with E-state index in [1.54, 1.807) is 0 Å². The van der Waals surface area contributed by atoms with Crippen molar-refractivity contribution in [1.29, 1.82) is 0 Å². The number of hydrogen-bond donors (Lipinski definition) is 0. The number of rotatable bonds is 12. The summed E-state index contributed by atoms with van der Waals surface area (Å²) in [6, 6.07) is 0. The summed E-state index contributed by atoms with van der Waals surface area (Å²) in [4.78, 5) is 0. The van der Waals surface area contributed by atoms with Crippen molar-refractivity contribution >= 4 is 0 Å². The molecule has 0 radical (unpaired) electrons. The minimum atomic E-state index is 0.917. The van der Waals surface area contributed by atoms with E-state index in [0.717, 1.165) is 17.8 Å². The molecule has 0 nitrogen and oxygen atoms in total. The molecule has 0 rings (SSSR count). The van der Waals surface area contributed by atoms with Gasteiger partial charge in [-0.05, 0) is 17.8 Å². The molecule has 0 aromatic rings.